The topological polar surface area (TPSA) is 37.3 Å². The molecule has 0 aliphatic carbocycles. The molecule has 1 N–H and O–H groups in total. The average Bonchev–Trinajstić information content (AvgIpc) is 2.73. The van der Waals surface area contributed by atoms with Gasteiger partial charge in [0.05, 0.1) is 11.4 Å². The summed E-state index contributed by atoms with van der Waals surface area (Å²) in [6, 6.07) is 20.4. The van der Waals surface area contributed by atoms with Gasteiger partial charge in [-0.2, -0.15) is 0 Å². The van der Waals surface area contributed by atoms with E-state index in [1.165, 1.54) is 5.56 Å². The van der Waals surface area contributed by atoms with Gasteiger partial charge in [0.25, 0.3) is 0 Å². The van der Waals surface area contributed by atoms with E-state index in [1.807, 2.05) is 30.3 Å². The molecule has 2 aromatic carbocycles. The first-order valence-corrected chi connectivity index (χ1v) is 7.29. The third-order valence-electron chi connectivity index (χ3n) is 3.84. The van der Waals surface area contributed by atoms with E-state index in [0.717, 1.165) is 34.0 Å². The molecule has 22 heavy (non-hydrogen) atoms. The van der Waals surface area contributed by atoms with Gasteiger partial charge in [0, 0.05) is 17.3 Å². The number of aliphatic imine (C=N–C) groups is 1. The van der Waals surface area contributed by atoms with Crippen molar-refractivity contribution in [2.24, 2.45) is 4.99 Å². The number of aryl methyl sites for hydroxylation is 1. The molecule has 1 aliphatic rings. The number of fused-ring (bicyclic) bond motifs is 2. The van der Waals surface area contributed by atoms with Gasteiger partial charge in [0.2, 0.25) is 0 Å². The number of benzene rings is 2. The lowest BCUT2D eigenvalue weighted by atomic mass is 9.98. The van der Waals surface area contributed by atoms with Gasteiger partial charge in [-0.25, -0.2) is 9.98 Å². The van der Waals surface area contributed by atoms with E-state index >= 15 is 0 Å². The Morgan fingerprint density at radius 2 is 1.73 bits per heavy atom. The highest BCUT2D eigenvalue weighted by Crippen LogP contribution is 2.35. The number of nitrogens with one attached hydrogen (secondary N) is 1. The fraction of sp³-hybridized carbons (Fsp3) is 0.0526. The molecule has 0 radical (unpaired) electrons. The van der Waals surface area contributed by atoms with E-state index in [4.69, 9.17) is 4.99 Å². The lowest BCUT2D eigenvalue weighted by molar-refractivity contribution is 1.29. The van der Waals surface area contributed by atoms with Gasteiger partial charge >= 0.3 is 0 Å². The van der Waals surface area contributed by atoms with Crippen molar-refractivity contribution in [2.75, 3.05) is 5.32 Å². The van der Waals surface area contributed by atoms with Crippen LogP contribution >= 0.6 is 0 Å². The molecule has 0 amide bonds. The van der Waals surface area contributed by atoms with Crippen LogP contribution in [0.25, 0.3) is 0 Å². The van der Waals surface area contributed by atoms with Gasteiger partial charge < -0.3 is 5.32 Å². The first-order chi connectivity index (χ1) is 10.8. The minimum Gasteiger partial charge on any atom is -0.338 e. The Morgan fingerprint density at radius 3 is 2.59 bits per heavy atom. The van der Waals surface area contributed by atoms with Crippen LogP contribution < -0.4 is 5.32 Å². The lowest BCUT2D eigenvalue weighted by Crippen LogP contribution is -2.05. The second-order valence-corrected chi connectivity index (χ2v) is 5.32. The fourth-order valence-electron chi connectivity index (χ4n) is 2.73. The SMILES string of the molecule is Cc1cccc2c1Nc1ncccc1N=C2c1ccccc1. The van der Waals surface area contributed by atoms with Crippen molar-refractivity contribution in [3.63, 3.8) is 0 Å². The zero-order valence-electron chi connectivity index (χ0n) is 12.2. The number of aromatic nitrogens is 1. The third kappa shape index (κ3) is 2.07. The summed E-state index contributed by atoms with van der Waals surface area (Å²) < 4.78 is 0. The van der Waals surface area contributed by atoms with Gasteiger partial charge in [0.15, 0.2) is 5.82 Å². The largest absolute Gasteiger partial charge is 0.338 e. The highest BCUT2D eigenvalue weighted by Gasteiger charge is 2.19. The van der Waals surface area contributed by atoms with Crippen LogP contribution in [-0.4, -0.2) is 10.7 Å². The maximum absolute atomic E-state index is 4.88. The maximum Gasteiger partial charge on any atom is 0.156 e. The van der Waals surface area contributed by atoms with Crippen LogP contribution in [0.3, 0.4) is 0 Å². The lowest BCUT2D eigenvalue weighted by Gasteiger charge is -2.13. The van der Waals surface area contributed by atoms with E-state index in [0.29, 0.717) is 0 Å². The van der Waals surface area contributed by atoms with Crippen LogP contribution in [-0.2, 0) is 0 Å². The summed E-state index contributed by atoms with van der Waals surface area (Å²) in [5, 5.41) is 3.45. The fourth-order valence-corrected chi connectivity index (χ4v) is 2.73. The first-order valence-electron chi connectivity index (χ1n) is 7.29. The minimum absolute atomic E-state index is 0.795. The summed E-state index contributed by atoms with van der Waals surface area (Å²) in [4.78, 5) is 9.31. The number of pyridine rings is 1. The van der Waals surface area contributed by atoms with Crippen molar-refractivity contribution < 1.29 is 0 Å². The molecule has 1 aromatic heterocycles. The van der Waals surface area contributed by atoms with Gasteiger partial charge in [-0.05, 0) is 24.6 Å². The predicted molar refractivity (Wildman–Crippen MR) is 90.4 cm³/mol. The molecule has 0 atom stereocenters. The Bertz CT molecular complexity index is 867. The van der Waals surface area contributed by atoms with Crippen LogP contribution in [0, 0.1) is 6.92 Å². The molecule has 1 aliphatic heterocycles. The van der Waals surface area contributed by atoms with Gasteiger partial charge in [-0.15, -0.1) is 0 Å². The smallest absolute Gasteiger partial charge is 0.156 e. The van der Waals surface area contributed by atoms with Crippen LogP contribution in [0.2, 0.25) is 0 Å². The highest BCUT2D eigenvalue weighted by molar-refractivity contribution is 6.18. The molecule has 3 nitrogen and oxygen atoms in total. The molecule has 0 unspecified atom stereocenters. The van der Waals surface area contributed by atoms with Gasteiger partial charge in [-0.1, -0.05) is 48.5 Å². The number of para-hydroxylation sites is 1. The molecule has 0 saturated heterocycles. The van der Waals surface area contributed by atoms with Crippen LogP contribution in [0.15, 0.2) is 71.9 Å². The van der Waals surface area contributed by atoms with E-state index in [1.54, 1.807) is 6.20 Å². The molecule has 2 heterocycles. The summed E-state index contributed by atoms with van der Waals surface area (Å²) in [5.74, 6) is 0.795. The van der Waals surface area contributed by atoms with E-state index in [2.05, 4.69) is 47.6 Å². The number of nitrogens with zero attached hydrogens (tertiary/aromatic N) is 2. The molecule has 0 spiro atoms. The Labute approximate surface area is 129 Å². The maximum atomic E-state index is 4.88. The second kappa shape index (κ2) is 5.11. The number of rotatable bonds is 1. The van der Waals surface area contributed by atoms with Crippen LogP contribution in [0.1, 0.15) is 16.7 Å². The Hall–Kier alpha value is -2.94. The normalized spacial score (nSPS) is 12.5. The van der Waals surface area contributed by atoms with Crippen molar-refractivity contribution in [3.8, 4) is 0 Å². The number of anilines is 2. The van der Waals surface area contributed by atoms with E-state index < -0.39 is 0 Å². The van der Waals surface area contributed by atoms with Crippen molar-refractivity contribution in [1.29, 1.82) is 0 Å². The Balaban J connectivity index is 2.03. The molecule has 0 fully saturated rings. The van der Waals surface area contributed by atoms with Crippen molar-refractivity contribution in [3.05, 3.63) is 83.6 Å². The molecule has 3 aromatic rings. The second-order valence-electron chi connectivity index (χ2n) is 5.32. The zero-order chi connectivity index (χ0) is 14.9. The summed E-state index contributed by atoms with van der Waals surface area (Å²) in [6.45, 7) is 2.10. The third-order valence-corrected chi connectivity index (χ3v) is 3.84. The van der Waals surface area contributed by atoms with Crippen molar-refractivity contribution in [2.45, 2.75) is 6.92 Å². The van der Waals surface area contributed by atoms with Crippen molar-refractivity contribution >= 4 is 22.9 Å². The quantitative estimate of drug-likeness (QED) is 0.554. The molecule has 3 heteroatoms. The monoisotopic (exact) mass is 285 g/mol. The minimum atomic E-state index is 0.795. The van der Waals surface area contributed by atoms with E-state index in [-0.39, 0.29) is 0 Å². The van der Waals surface area contributed by atoms with Gasteiger partial charge in [0.1, 0.15) is 5.69 Å². The van der Waals surface area contributed by atoms with Crippen LogP contribution in [0.4, 0.5) is 17.2 Å². The summed E-state index contributed by atoms with van der Waals surface area (Å²) in [6.07, 6.45) is 1.78. The average molecular weight is 285 g/mol. The summed E-state index contributed by atoms with van der Waals surface area (Å²) in [7, 11) is 0. The molecule has 0 saturated carbocycles. The predicted octanol–water partition coefficient (Wildman–Crippen LogP) is 4.62. The van der Waals surface area contributed by atoms with Gasteiger partial charge in [-0.3, -0.25) is 0 Å². The first kappa shape index (κ1) is 12.8. The molecular weight excluding hydrogens is 270 g/mol. The molecule has 4 rings (SSSR count). The Kier molecular flexibility index (Phi) is 2.97. The molecular formula is C19H15N3. The summed E-state index contributed by atoms with van der Waals surface area (Å²) in [5.41, 5.74) is 6.29. The molecule has 0 bridgehead atoms. The van der Waals surface area contributed by atoms with E-state index in [9.17, 15) is 0 Å². The highest BCUT2D eigenvalue weighted by atomic mass is 15.0. The molecule has 106 valence electrons. The summed E-state index contributed by atoms with van der Waals surface area (Å²) >= 11 is 0. The zero-order valence-corrected chi connectivity index (χ0v) is 12.2. The Morgan fingerprint density at radius 1 is 0.864 bits per heavy atom. The number of hydrogen-bond acceptors (Lipinski definition) is 3. The number of hydrogen-bond donors (Lipinski definition) is 1. The van der Waals surface area contributed by atoms with Crippen molar-refractivity contribution in [1.82, 2.24) is 4.98 Å². The standard InChI is InChI=1S/C19H15N3/c1-13-7-5-10-15-17(13)22-19-16(11-6-12-20-19)21-18(15)14-8-3-2-4-9-14/h2-12H,1H3,(H,20,22). The van der Waals surface area contributed by atoms with Crippen LogP contribution in [0.5, 0.6) is 0 Å².